The van der Waals surface area contributed by atoms with Crippen molar-refractivity contribution >= 4 is 17.9 Å². The monoisotopic (exact) mass is 407 g/mol. The van der Waals surface area contributed by atoms with Gasteiger partial charge in [0.05, 0.1) is 14.2 Å². The Bertz CT molecular complexity index is 729. The van der Waals surface area contributed by atoms with E-state index < -0.39 is 11.7 Å². The van der Waals surface area contributed by atoms with E-state index >= 15 is 0 Å². The smallest absolute Gasteiger partial charge is 0.408 e. The van der Waals surface area contributed by atoms with Crippen LogP contribution in [0, 0.1) is 0 Å². The number of hydrogen-bond acceptors (Lipinski definition) is 6. The Morgan fingerprint density at radius 3 is 1.93 bits per heavy atom. The Kier molecular flexibility index (Phi) is 7.30. The minimum absolute atomic E-state index is 0.143. The second-order valence-corrected chi connectivity index (χ2v) is 7.63. The number of ether oxygens (including phenoxy) is 3. The Balaban J connectivity index is 1.87. The number of benzene rings is 1. The number of carbonyl (C=O) groups is 3. The van der Waals surface area contributed by atoms with E-state index in [0.717, 1.165) is 0 Å². The summed E-state index contributed by atoms with van der Waals surface area (Å²) in [6.45, 7) is 6.69. The average Bonchev–Trinajstić information content (AvgIpc) is 2.69. The number of methoxy groups -OCH3 is 2. The standard InChI is InChI=1S/C20H29N3O6/c1-20(2,3)29-19(26)21-13-17(24)22-6-8-23(9-7-22)18(25)14-10-15(27-4)12-16(11-14)28-5/h10-12H,6-9,13H2,1-5H3,(H,21,26). The predicted octanol–water partition coefficient (Wildman–Crippen LogP) is 1.51. The number of carbonyl (C=O) groups excluding carboxylic acids is 3. The summed E-state index contributed by atoms with van der Waals surface area (Å²) in [7, 11) is 3.05. The van der Waals surface area contributed by atoms with E-state index in [4.69, 9.17) is 14.2 Å². The predicted molar refractivity (Wildman–Crippen MR) is 106 cm³/mol. The Hall–Kier alpha value is -2.97. The van der Waals surface area contributed by atoms with Gasteiger partial charge in [0, 0.05) is 37.8 Å². The van der Waals surface area contributed by atoms with Gasteiger partial charge in [-0.2, -0.15) is 0 Å². The molecule has 9 nitrogen and oxygen atoms in total. The zero-order valence-corrected chi connectivity index (χ0v) is 17.6. The van der Waals surface area contributed by atoms with Gasteiger partial charge < -0.3 is 29.3 Å². The van der Waals surface area contributed by atoms with Gasteiger partial charge in [0.15, 0.2) is 0 Å². The lowest BCUT2D eigenvalue weighted by molar-refractivity contribution is -0.131. The highest BCUT2D eigenvalue weighted by Crippen LogP contribution is 2.23. The molecular formula is C20H29N3O6. The van der Waals surface area contributed by atoms with Crippen molar-refractivity contribution in [3.05, 3.63) is 23.8 Å². The maximum absolute atomic E-state index is 12.8. The summed E-state index contributed by atoms with van der Waals surface area (Å²) in [5, 5.41) is 2.46. The molecule has 1 saturated heterocycles. The van der Waals surface area contributed by atoms with Gasteiger partial charge in [-0.1, -0.05) is 0 Å². The fraction of sp³-hybridized carbons (Fsp3) is 0.550. The minimum atomic E-state index is -0.633. The van der Waals surface area contributed by atoms with E-state index in [1.807, 2.05) is 0 Å². The molecule has 160 valence electrons. The van der Waals surface area contributed by atoms with Crippen LogP contribution in [0.1, 0.15) is 31.1 Å². The zero-order valence-electron chi connectivity index (χ0n) is 17.6. The molecule has 0 bridgehead atoms. The van der Waals surface area contributed by atoms with Gasteiger partial charge in [0.25, 0.3) is 5.91 Å². The van der Waals surface area contributed by atoms with Crippen molar-refractivity contribution in [2.24, 2.45) is 0 Å². The largest absolute Gasteiger partial charge is 0.497 e. The van der Waals surface area contributed by atoms with Crippen molar-refractivity contribution in [3.63, 3.8) is 0 Å². The molecule has 0 aromatic heterocycles. The van der Waals surface area contributed by atoms with Gasteiger partial charge in [-0.15, -0.1) is 0 Å². The molecule has 2 rings (SSSR count). The maximum atomic E-state index is 12.8. The third-order valence-electron chi connectivity index (χ3n) is 4.30. The minimum Gasteiger partial charge on any atom is -0.497 e. The lowest BCUT2D eigenvalue weighted by atomic mass is 10.1. The third kappa shape index (κ3) is 6.55. The van der Waals surface area contributed by atoms with E-state index in [2.05, 4.69) is 5.32 Å². The number of alkyl carbamates (subject to hydrolysis) is 1. The second kappa shape index (κ2) is 9.49. The zero-order chi connectivity index (χ0) is 21.6. The summed E-state index contributed by atoms with van der Waals surface area (Å²) in [4.78, 5) is 40.1. The van der Waals surface area contributed by atoms with E-state index in [9.17, 15) is 14.4 Å². The average molecular weight is 407 g/mol. The molecule has 1 fully saturated rings. The summed E-state index contributed by atoms with van der Waals surface area (Å²) in [5.41, 5.74) is -0.158. The molecule has 0 unspecified atom stereocenters. The van der Waals surface area contributed by atoms with Crippen molar-refractivity contribution in [3.8, 4) is 11.5 Å². The molecule has 1 aliphatic rings. The summed E-state index contributed by atoms with van der Waals surface area (Å²) in [5.74, 6) is 0.705. The highest BCUT2D eigenvalue weighted by Gasteiger charge is 2.26. The first kappa shape index (κ1) is 22.3. The Morgan fingerprint density at radius 1 is 0.931 bits per heavy atom. The normalized spacial score (nSPS) is 14.2. The molecule has 0 atom stereocenters. The molecule has 1 aromatic carbocycles. The number of nitrogens with one attached hydrogen (secondary N) is 1. The molecule has 1 aliphatic heterocycles. The van der Waals surface area contributed by atoms with Crippen molar-refractivity contribution in [1.82, 2.24) is 15.1 Å². The summed E-state index contributed by atoms with van der Waals surface area (Å²) >= 11 is 0. The number of hydrogen-bond donors (Lipinski definition) is 1. The number of rotatable bonds is 5. The van der Waals surface area contributed by atoms with Crippen molar-refractivity contribution < 1.29 is 28.6 Å². The quantitative estimate of drug-likeness (QED) is 0.795. The first-order valence-electron chi connectivity index (χ1n) is 9.40. The molecule has 9 heteroatoms. The van der Waals surface area contributed by atoms with Gasteiger partial charge in [-0.05, 0) is 32.9 Å². The van der Waals surface area contributed by atoms with Crippen LogP contribution in [-0.4, -0.2) is 80.3 Å². The van der Waals surface area contributed by atoms with E-state index in [0.29, 0.717) is 43.2 Å². The first-order valence-corrected chi connectivity index (χ1v) is 9.40. The van der Waals surface area contributed by atoms with Gasteiger partial charge in [0.1, 0.15) is 23.6 Å². The van der Waals surface area contributed by atoms with Gasteiger partial charge in [-0.25, -0.2) is 4.79 Å². The van der Waals surface area contributed by atoms with E-state index in [-0.39, 0.29) is 18.4 Å². The van der Waals surface area contributed by atoms with Crippen LogP contribution in [0.5, 0.6) is 11.5 Å². The van der Waals surface area contributed by atoms with Crippen LogP contribution >= 0.6 is 0 Å². The Labute approximate surface area is 170 Å². The summed E-state index contributed by atoms with van der Waals surface area (Å²) in [6, 6.07) is 5.02. The highest BCUT2D eigenvalue weighted by molar-refractivity contribution is 5.95. The third-order valence-corrected chi connectivity index (χ3v) is 4.30. The molecular weight excluding hydrogens is 378 g/mol. The number of piperazine rings is 1. The molecule has 1 heterocycles. The number of nitrogens with zero attached hydrogens (tertiary/aromatic N) is 2. The second-order valence-electron chi connectivity index (χ2n) is 7.63. The first-order chi connectivity index (χ1) is 13.6. The van der Waals surface area contributed by atoms with E-state index in [1.54, 1.807) is 48.8 Å². The van der Waals surface area contributed by atoms with Crippen LogP contribution in [0.2, 0.25) is 0 Å². The summed E-state index contributed by atoms with van der Waals surface area (Å²) < 4.78 is 15.5. The molecule has 0 aliphatic carbocycles. The van der Waals surface area contributed by atoms with Crippen LogP contribution in [0.4, 0.5) is 4.79 Å². The molecule has 29 heavy (non-hydrogen) atoms. The topological polar surface area (TPSA) is 97.4 Å². The van der Waals surface area contributed by atoms with E-state index in [1.165, 1.54) is 14.2 Å². The van der Waals surface area contributed by atoms with Crippen molar-refractivity contribution in [1.29, 1.82) is 0 Å². The molecule has 0 saturated carbocycles. The van der Waals surface area contributed by atoms with Crippen LogP contribution < -0.4 is 14.8 Å². The lowest BCUT2D eigenvalue weighted by Crippen LogP contribution is -2.52. The molecule has 1 N–H and O–H groups in total. The molecule has 3 amide bonds. The van der Waals surface area contributed by atoms with Gasteiger partial charge >= 0.3 is 6.09 Å². The molecule has 0 radical (unpaired) electrons. The lowest BCUT2D eigenvalue weighted by Gasteiger charge is -2.35. The van der Waals surface area contributed by atoms with Crippen LogP contribution in [0.15, 0.2) is 18.2 Å². The number of amides is 3. The summed E-state index contributed by atoms with van der Waals surface area (Å²) in [6.07, 6.45) is -0.633. The van der Waals surface area contributed by atoms with Crippen molar-refractivity contribution in [2.75, 3.05) is 46.9 Å². The van der Waals surface area contributed by atoms with Crippen molar-refractivity contribution in [2.45, 2.75) is 26.4 Å². The maximum Gasteiger partial charge on any atom is 0.408 e. The molecule has 0 spiro atoms. The van der Waals surface area contributed by atoms with Crippen LogP contribution in [0.25, 0.3) is 0 Å². The fourth-order valence-electron chi connectivity index (χ4n) is 2.85. The highest BCUT2D eigenvalue weighted by atomic mass is 16.6. The van der Waals surface area contributed by atoms with Gasteiger partial charge in [-0.3, -0.25) is 9.59 Å². The SMILES string of the molecule is COc1cc(OC)cc(C(=O)N2CCN(C(=O)CNC(=O)OC(C)(C)C)CC2)c1. The van der Waals surface area contributed by atoms with Crippen LogP contribution in [0.3, 0.4) is 0 Å². The molecule has 1 aromatic rings. The van der Waals surface area contributed by atoms with Crippen LogP contribution in [-0.2, 0) is 9.53 Å². The Morgan fingerprint density at radius 2 is 1.45 bits per heavy atom. The van der Waals surface area contributed by atoms with Gasteiger partial charge in [0.2, 0.25) is 5.91 Å². The fourth-order valence-corrected chi connectivity index (χ4v) is 2.85.